The minimum absolute atomic E-state index is 0.0213. The van der Waals surface area contributed by atoms with Crippen LogP contribution in [0, 0.1) is 16.9 Å². The van der Waals surface area contributed by atoms with Crippen LogP contribution in [0.4, 0.5) is 5.13 Å². The molecule has 5 nitrogen and oxygen atoms in total. The second kappa shape index (κ2) is 6.25. The summed E-state index contributed by atoms with van der Waals surface area (Å²) in [6.07, 6.45) is 11.7. The standard InChI is InChI=1S/C16H22N4OS/c1-16(7-12(8-16)19-10-17)14(21)20-15-18-9-13(22-15)11-5-3-2-4-6-11/h9,11-12,19H,2-8H2,1H3,(H,18,20,21)/t12-,16-. The first-order valence-corrected chi connectivity index (χ1v) is 8.84. The number of nitrogens with one attached hydrogen (secondary N) is 2. The molecule has 0 atom stereocenters. The largest absolute Gasteiger partial charge is 0.321 e. The molecule has 0 unspecified atom stereocenters. The average molecular weight is 318 g/mol. The molecule has 0 aliphatic heterocycles. The summed E-state index contributed by atoms with van der Waals surface area (Å²) < 4.78 is 0. The molecule has 2 N–H and O–H groups in total. The van der Waals surface area contributed by atoms with Crippen molar-refractivity contribution in [2.45, 2.75) is 63.8 Å². The van der Waals surface area contributed by atoms with Gasteiger partial charge in [0.1, 0.15) is 0 Å². The van der Waals surface area contributed by atoms with Crippen molar-refractivity contribution in [3.63, 3.8) is 0 Å². The Morgan fingerprint density at radius 2 is 2.14 bits per heavy atom. The van der Waals surface area contributed by atoms with E-state index >= 15 is 0 Å². The van der Waals surface area contributed by atoms with E-state index in [1.807, 2.05) is 19.3 Å². The molecule has 2 fully saturated rings. The quantitative estimate of drug-likeness (QED) is 0.659. The van der Waals surface area contributed by atoms with Gasteiger partial charge in [0.2, 0.25) is 5.91 Å². The number of anilines is 1. The van der Waals surface area contributed by atoms with E-state index in [4.69, 9.17) is 5.26 Å². The summed E-state index contributed by atoms with van der Waals surface area (Å²) >= 11 is 1.62. The SMILES string of the molecule is C[C@]1(C(=O)Nc2ncc(C3CCCCC3)s2)C[C@H](NC#N)C1. The molecule has 0 aromatic carbocycles. The summed E-state index contributed by atoms with van der Waals surface area (Å²) in [4.78, 5) is 18.1. The van der Waals surface area contributed by atoms with Crippen LogP contribution in [0.15, 0.2) is 6.20 Å². The van der Waals surface area contributed by atoms with Crippen molar-refractivity contribution in [2.75, 3.05) is 5.32 Å². The molecule has 0 radical (unpaired) electrons. The van der Waals surface area contributed by atoms with Gasteiger partial charge in [0.15, 0.2) is 11.3 Å². The Kier molecular flexibility index (Phi) is 4.34. The summed E-state index contributed by atoms with van der Waals surface area (Å²) in [5.41, 5.74) is -0.384. The minimum Gasteiger partial charge on any atom is -0.321 e. The van der Waals surface area contributed by atoms with E-state index in [0.717, 1.165) is 0 Å². The Labute approximate surface area is 135 Å². The molecule has 0 spiro atoms. The zero-order valence-electron chi connectivity index (χ0n) is 12.9. The van der Waals surface area contributed by atoms with E-state index in [2.05, 4.69) is 15.6 Å². The number of carbonyl (C=O) groups excluding carboxylic acids is 1. The van der Waals surface area contributed by atoms with E-state index in [9.17, 15) is 4.79 Å². The molecular formula is C16H22N4OS. The van der Waals surface area contributed by atoms with Crippen LogP contribution in [-0.2, 0) is 4.79 Å². The van der Waals surface area contributed by atoms with Crippen LogP contribution in [0.25, 0.3) is 0 Å². The highest BCUT2D eigenvalue weighted by Gasteiger charge is 2.46. The van der Waals surface area contributed by atoms with Crippen molar-refractivity contribution < 1.29 is 4.79 Å². The van der Waals surface area contributed by atoms with E-state index in [0.29, 0.717) is 23.9 Å². The van der Waals surface area contributed by atoms with Gasteiger partial charge >= 0.3 is 0 Å². The van der Waals surface area contributed by atoms with Crippen LogP contribution in [0.3, 0.4) is 0 Å². The van der Waals surface area contributed by atoms with Crippen molar-refractivity contribution in [1.82, 2.24) is 10.3 Å². The van der Waals surface area contributed by atoms with Crippen molar-refractivity contribution in [3.05, 3.63) is 11.1 Å². The summed E-state index contributed by atoms with van der Waals surface area (Å²) in [5.74, 6) is 0.647. The third-order valence-electron chi connectivity index (χ3n) is 4.96. The number of nitriles is 1. The molecule has 1 heterocycles. The lowest BCUT2D eigenvalue weighted by atomic mass is 9.66. The molecule has 2 aliphatic rings. The van der Waals surface area contributed by atoms with Gasteiger partial charge in [-0.05, 0) is 31.6 Å². The fraction of sp³-hybridized carbons (Fsp3) is 0.688. The van der Waals surface area contributed by atoms with Crippen molar-refractivity contribution >= 4 is 22.4 Å². The fourth-order valence-electron chi connectivity index (χ4n) is 3.57. The predicted octanol–water partition coefficient (Wildman–Crippen LogP) is 3.37. The highest BCUT2D eigenvalue weighted by molar-refractivity contribution is 7.15. The highest BCUT2D eigenvalue weighted by atomic mass is 32.1. The van der Waals surface area contributed by atoms with Gasteiger partial charge in [-0.3, -0.25) is 4.79 Å². The number of hydrogen-bond acceptors (Lipinski definition) is 5. The van der Waals surface area contributed by atoms with Crippen molar-refractivity contribution in [2.24, 2.45) is 5.41 Å². The van der Waals surface area contributed by atoms with Crippen LogP contribution in [0.1, 0.15) is 62.7 Å². The van der Waals surface area contributed by atoms with E-state index in [1.54, 1.807) is 11.3 Å². The van der Waals surface area contributed by atoms with E-state index in [-0.39, 0.29) is 17.4 Å². The van der Waals surface area contributed by atoms with Crippen LogP contribution < -0.4 is 10.6 Å². The number of hydrogen-bond donors (Lipinski definition) is 2. The molecular weight excluding hydrogens is 296 g/mol. The second-order valence-electron chi connectivity index (χ2n) is 6.78. The lowest BCUT2D eigenvalue weighted by molar-refractivity contribution is -0.130. The molecule has 22 heavy (non-hydrogen) atoms. The van der Waals surface area contributed by atoms with Crippen LogP contribution in [0.5, 0.6) is 0 Å². The van der Waals surface area contributed by atoms with E-state index in [1.165, 1.54) is 37.0 Å². The Morgan fingerprint density at radius 1 is 1.41 bits per heavy atom. The molecule has 0 saturated heterocycles. The Hall–Kier alpha value is -1.61. The number of aromatic nitrogens is 1. The first-order chi connectivity index (χ1) is 10.6. The number of amides is 1. The Balaban J connectivity index is 1.56. The maximum atomic E-state index is 12.4. The smallest absolute Gasteiger partial charge is 0.232 e. The maximum absolute atomic E-state index is 12.4. The lowest BCUT2D eigenvalue weighted by Gasteiger charge is -2.42. The van der Waals surface area contributed by atoms with Crippen LogP contribution >= 0.6 is 11.3 Å². The highest BCUT2D eigenvalue weighted by Crippen LogP contribution is 2.42. The van der Waals surface area contributed by atoms with Gasteiger partial charge in [0.05, 0.1) is 5.41 Å². The van der Waals surface area contributed by atoms with Gasteiger partial charge in [-0.15, -0.1) is 11.3 Å². The van der Waals surface area contributed by atoms with Gasteiger partial charge in [0, 0.05) is 17.1 Å². The second-order valence-corrected chi connectivity index (χ2v) is 7.84. The maximum Gasteiger partial charge on any atom is 0.232 e. The molecule has 2 aliphatic carbocycles. The number of rotatable bonds is 4. The molecule has 6 heteroatoms. The first kappa shape index (κ1) is 15.3. The molecule has 1 aromatic heterocycles. The molecule has 1 amide bonds. The third-order valence-corrected chi connectivity index (χ3v) is 6.04. The summed E-state index contributed by atoms with van der Waals surface area (Å²) in [6.45, 7) is 1.95. The molecule has 1 aromatic rings. The Morgan fingerprint density at radius 3 is 2.82 bits per heavy atom. The van der Waals surface area contributed by atoms with Gasteiger partial charge in [0.25, 0.3) is 0 Å². The van der Waals surface area contributed by atoms with Gasteiger partial charge in [-0.2, -0.15) is 5.26 Å². The molecule has 118 valence electrons. The normalized spacial score (nSPS) is 28.5. The molecule has 3 rings (SSSR count). The zero-order valence-corrected chi connectivity index (χ0v) is 13.7. The number of thiazole rings is 1. The molecule has 0 bridgehead atoms. The van der Waals surface area contributed by atoms with E-state index < -0.39 is 0 Å². The van der Waals surface area contributed by atoms with Crippen molar-refractivity contribution in [3.8, 4) is 6.19 Å². The average Bonchev–Trinajstić information content (AvgIpc) is 2.95. The third kappa shape index (κ3) is 3.09. The zero-order chi connectivity index (χ0) is 15.6. The number of carbonyl (C=O) groups is 1. The van der Waals surface area contributed by atoms with Gasteiger partial charge in [-0.1, -0.05) is 26.2 Å². The fourth-order valence-corrected chi connectivity index (χ4v) is 4.56. The van der Waals surface area contributed by atoms with Crippen LogP contribution in [-0.4, -0.2) is 16.9 Å². The summed E-state index contributed by atoms with van der Waals surface area (Å²) in [5, 5.41) is 15.0. The topological polar surface area (TPSA) is 77.8 Å². The lowest BCUT2D eigenvalue weighted by Crippen LogP contribution is -2.52. The monoisotopic (exact) mass is 318 g/mol. The first-order valence-electron chi connectivity index (χ1n) is 8.02. The molecule has 2 saturated carbocycles. The summed E-state index contributed by atoms with van der Waals surface area (Å²) in [6, 6.07) is 0.134. The van der Waals surface area contributed by atoms with Gasteiger partial charge in [-0.25, -0.2) is 4.98 Å². The summed E-state index contributed by atoms with van der Waals surface area (Å²) in [7, 11) is 0. The number of nitrogens with zero attached hydrogens (tertiary/aromatic N) is 2. The Bertz CT molecular complexity index is 579. The predicted molar refractivity (Wildman–Crippen MR) is 86.4 cm³/mol. The van der Waals surface area contributed by atoms with Crippen LogP contribution in [0.2, 0.25) is 0 Å². The minimum atomic E-state index is -0.384. The van der Waals surface area contributed by atoms with Gasteiger partial charge < -0.3 is 10.6 Å². The van der Waals surface area contributed by atoms with Crippen molar-refractivity contribution in [1.29, 1.82) is 5.26 Å².